The minimum Gasteiger partial charge on any atom is -0.550 e. The Morgan fingerprint density at radius 2 is 1.70 bits per heavy atom. The smallest absolute Gasteiger partial charge is 0.127 e. The van der Waals surface area contributed by atoms with Gasteiger partial charge in [-0.3, -0.25) is 0 Å². The number of hydrogen-bond acceptors (Lipinski definition) is 4. The SMILES string of the molecule is C[C@@H](CNc1ccc(Oc2ccccc2)cc1)C(=O)[O-]. The minimum atomic E-state index is -1.05. The maximum atomic E-state index is 10.6. The highest BCUT2D eigenvalue weighted by Gasteiger charge is 2.02. The fourth-order valence-corrected chi connectivity index (χ4v) is 1.62. The lowest BCUT2D eigenvalue weighted by molar-refractivity contribution is -0.310. The molecule has 20 heavy (non-hydrogen) atoms. The van der Waals surface area contributed by atoms with Crippen LogP contribution in [0.4, 0.5) is 5.69 Å². The molecule has 1 atom stereocenters. The van der Waals surface area contributed by atoms with Gasteiger partial charge in [-0.1, -0.05) is 25.1 Å². The molecule has 0 radical (unpaired) electrons. The lowest BCUT2D eigenvalue weighted by Crippen LogP contribution is -2.33. The second-order valence-corrected chi connectivity index (χ2v) is 4.54. The number of carbonyl (C=O) groups is 1. The molecule has 104 valence electrons. The monoisotopic (exact) mass is 270 g/mol. The van der Waals surface area contributed by atoms with Crippen molar-refractivity contribution in [2.24, 2.45) is 5.92 Å². The van der Waals surface area contributed by atoms with E-state index < -0.39 is 11.9 Å². The van der Waals surface area contributed by atoms with Crippen LogP contribution in [0.2, 0.25) is 0 Å². The predicted octanol–water partition coefficient (Wildman–Crippen LogP) is 2.28. The van der Waals surface area contributed by atoms with E-state index in [-0.39, 0.29) is 0 Å². The summed E-state index contributed by atoms with van der Waals surface area (Å²) in [5.41, 5.74) is 0.846. The average molecular weight is 270 g/mol. The number of rotatable bonds is 6. The van der Waals surface area contributed by atoms with Gasteiger partial charge in [-0.05, 0) is 36.4 Å². The number of carbonyl (C=O) groups excluding carboxylic acids is 1. The summed E-state index contributed by atoms with van der Waals surface area (Å²) < 4.78 is 5.67. The average Bonchev–Trinajstić information content (AvgIpc) is 2.47. The standard InChI is InChI=1S/C16H17NO3/c1-12(16(18)19)11-17-13-7-9-15(10-8-13)20-14-5-3-2-4-6-14/h2-10,12,17H,11H2,1H3,(H,18,19)/p-1/t12-/m0/s1. The Morgan fingerprint density at radius 1 is 1.10 bits per heavy atom. The van der Waals surface area contributed by atoms with Crippen molar-refractivity contribution in [2.75, 3.05) is 11.9 Å². The summed E-state index contributed by atoms with van der Waals surface area (Å²) >= 11 is 0. The minimum absolute atomic E-state index is 0.335. The van der Waals surface area contributed by atoms with Gasteiger partial charge < -0.3 is 20.0 Å². The van der Waals surface area contributed by atoms with E-state index in [1.54, 1.807) is 6.92 Å². The molecule has 0 aliphatic rings. The number of nitrogens with one attached hydrogen (secondary N) is 1. The van der Waals surface area contributed by atoms with E-state index in [1.807, 2.05) is 54.6 Å². The number of aliphatic carboxylic acids is 1. The second-order valence-electron chi connectivity index (χ2n) is 4.54. The second kappa shape index (κ2) is 6.61. The molecule has 0 spiro atoms. The molecule has 4 heteroatoms. The van der Waals surface area contributed by atoms with Crippen LogP contribution in [-0.4, -0.2) is 12.5 Å². The van der Waals surface area contributed by atoms with Gasteiger partial charge in [0.2, 0.25) is 0 Å². The number of para-hydroxylation sites is 1. The summed E-state index contributed by atoms with van der Waals surface area (Å²) in [7, 11) is 0. The van der Waals surface area contributed by atoms with Crippen LogP contribution in [-0.2, 0) is 4.79 Å². The Labute approximate surface area is 118 Å². The summed E-state index contributed by atoms with van der Waals surface area (Å²) in [6.45, 7) is 1.94. The molecule has 4 nitrogen and oxygen atoms in total. The maximum Gasteiger partial charge on any atom is 0.127 e. The molecule has 0 saturated heterocycles. The van der Waals surface area contributed by atoms with E-state index in [0.717, 1.165) is 17.2 Å². The lowest BCUT2D eigenvalue weighted by atomic mass is 10.2. The molecule has 0 unspecified atom stereocenters. The number of carboxylic acid groups (broad SMARTS) is 1. The van der Waals surface area contributed by atoms with Gasteiger partial charge in [0.1, 0.15) is 11.5 Å². The highest BCUT2D eigenvalue weighted by molar-refractivity contribution is 5.68. The van der Waals surface area contributed by atoms with Gasteiger partial charge in [0.25, 0.3) is 0 Å². The van der Waals surface area contributed by atoms with Crippen molar-refractivity contribution >= 4 is 11.7 Å². The van der Waals surface area contributed by atoms with Crippen LogP contribution >= 0.6 is 0 Å². The molecule has 0 aliphatic heterocycles. The first kappa shape index (κ1) is 13.9. The van der Waals surface area contributed by atoms with Gasteiger partial charge >= 0.3 is 0 Å². The van der Waals surface area contributed by atoms with Crippen molar-refractivity contribution in [3.63, 3.8) is 0 Å². The summed E-state index contributed by atoms with van der Waals surface area (Å²) in [5, 5.41) is 13.6. The van der Waals surface area contributed by atoms with E-state index in [1.165, 1.54) is 0 Å². The zero-order valence-corrected chi connectivity index (χ0v) is 11.2. The van der Waals surface area contributed by atoms with Gasteiger partial charge in [-0.25, -0.2) is 0 Å². The molecule has 2 rings (SSSR count). The number of hydrogen-bond donors (Lipinski definition) is 1. The molecule has 0 fully saturated rings. The zero-order valence-electron chi connectivity index (χ0n) is 11.2. The highest BCUT2D eigenvalue weighted by Crippen LogP contribution is 2.22. The Morgan fingerprint density at radius 3 is 2.30 bits per heavy atom. The lowest BCUT2D eigenvalue weighted by Gasteiger charge is -2.14. The fourth-order valence-electron chi connectivity index (χ4n) is 1.62. The summed E-state index contributed by atoms with van der Waals surface area (Å²) in [5.74, 6) is -0.0785. The molecule has 0 amide bonds. The zero-order chi connectivity index (χ0) is 14.4. The van der Waals surface area contributed by atoms with Gasteiger partial charge in [0.15, 0.2) is 0 Å². The topological polar surface area (TPSA) is 61.4 Å². The Balaban J connectivity index is 1.91. The van der Waals surface area contributed by atoms with E-state index in [2.05, 4.69) is 5.32 Å². The molecule has 1 N–H and O–H groups in total. The first-order chi connectivity index (χ1) is 9.65. The molecule has 0 bridgehead atoms. The van der Waals surface area contributed by atoms with Crippen LogP contribution in [0.25, 0.3) is 0 Å². The Kier molecular flexibility index (Phi) is 4.60. The molecule has 2 aromatic carbocycles. The van der Waals surface area contributed by atoms with Crippen LogP contribution < -0.4 is 15.2 Å². The summed E-state index contributed by atoms with van der Waals surface area (Å²) in [6, 6.07) is 16.9. The van der Waals surface area contributed by atoms with E-state index >= 15 is 0 Å². The number of anilines is 1. The van der Waals surface area contributed by atoms with Gasteiger partial charge in [-0.2, -0.15) is 0 Å². The van der Waals surface area contributed by atoms with Crippen LogP contribution in [0.15, 0.2) is 54.6 Å². The van der Waals surface area contributed by atoms with E-state index in [4.69, 9.17) is 4.74 Å². The molecular weight excluding hydrogens is 254 g/mol. The first-order valence-electron chi connectivity index (χ1n) is 6.43. The number of benzene rings is 2. The van der Waals surface area contributed by atoms with Crippen LogP contribution in [0, 0.1) is 5.92 Å². The quantitative estimate of drug-likeness (QED) is 0.874. The summed E-state index contributed by atoms with van der Waals surface area (Å²) in [6.07, 6.45) is 0. The number of ether oxygens (including phenoxy) is 1. The van der Waals surface area contributed by atoms with Crippen molar-refractivity contribution in [1.82, 2.24) is 0 Å². The van der Waals surface area contributed by atoms with Crippen LogP contribution in [0.3, 0.4) is 0 Å². The van der Waals surface area contributed by atoms with Crippen molar-refractivity contribution in [3.05, 3.63) is 54.6 Å². The number of carboxylic acids is 1. The van der Waals surface area contributed by atoms with Gasteiger partial charge in [-0.15, -0.1) is 0 Å². The molecule has 2 aromatic rings. The van der Waals surface area contributed by atoms with Crippen molar-refractivity contribution in [2.45, 2.75) is 6.92 Å². The molecular formula is C16H16NO3-. The largest absolute Gasteiger partial charge is 0.550 e. The third-order valence-corrected chi connectivity index (χ3v) is 2.85. The van der Waals surface area contributed by atoms with Gasteiger partial charge in [0.05, 0.1) is 0 Å². The van der Waals surface area contributed by atoms with E-state index in [0.29, 0.717) is 6.54 Å². The Hall–Kier alpha value is -2.49. The van der Waals surface area contributed by atoms with Gasteiger partial charge in [0, 0.05) is 24.1 Å². The van der Waals surface area contributed by atoms with Crippen molar-refractivity contribution < 1.29 is 14.6 Å². The highest BCUT2D eigenvalue weighted by atomic mass is 16.5. The third-order valence-electron chi connectivity index (χ3n) is 2.85. The first-order valence-corrected chi connectivity index (χ1v) is 6.43. The third kappa shape index (κ3) is 4.02. The normalized spacial score (nSPS) is 11.7. The summed E-state index contributed by atoms with van der Waals surface area (Å²) in [4.78, 5) is 10.6. The molecule has 0 aliphatic carbocycles. The maximum absolute atomic E-state index is 10.6. The fraction of sp³-hybridized carbons (Fsp3) is 0.188. The Bertz CT molecular complexity index is 552. The van der Waals surface area contributed by atoms with Crippen molar-refractivity contribution in [1.29, 1.82) is 0 Å². The molecule has 0 heterocycles. The van der Waals surface area contributed by atoms with Crippen molar-refractivity contribution in [3.8, 4) is 11.5 Å². The van der Waals surface area contributed by atoms with Crippen LogP contribution in [0.5, 0.6) is 11.5 Å². The molecule has 0 saturated carbocycles. The van der Waals surface area contributed by atoms with Crippen LogP contribution in [0.1, 0.15) is 6.92 Å². The van der Waals surface area contributed by atoms with E-state index in [9.17, 15) is 9.90 Å². The molecule has 0 aromatic heterocycles. The predicted molar refractivity (Wildman–Crippen MR) is 75.6 cm³/mol.